The first-order valence-corrected chi connectivity index (χ1v) is 8.72. The van der Waals surface area contributed by atoms with Gasteiger partial charge in [0, 0.05) is 11.6 Å². The highest BCUT2D eigenvalue weighted by molar-refractivity contribution is 5.93. The highest BCUT2D eigenvalue weighted by Gasteiger charge is 2.08. The van der Waals surface area contributed by atoms with Gasteiger partial charge in [-0.3, -0.25) is 20.4 Å². The Hall–Kier alpha value is -3.80. The van der Waals surface area contributed by atoms with E-state index in [4.69, 9.17) is 9.15 Å². The van der Waals surface area contributed by atoms with Crippen LogP contribution in [0.2, 0.25) is 0 Å². The molecule has 6 heteroatoms. The van der Waals surface area contributed by atoms with Gasteiger partial charge in [0.25, 0.3) is 11.8 Å². The molecule has 0 fully saturated rings. The summed E-state index contributed by atoms with van der Waals surface area (Å²) >= 11 is 0. The summed E-state index contributed by atoms with van der Waals surface area (Å²) in [5.74, 6) is 0.940. The van der Waals surface area contributed by atoms with Gasteiger partial charge in [-0.15, -0.1) is 0 Å². The average Bonchev–Trinajstić information content (AvgIpc) is 3.15. The lowest BCUT2D eigenvalue weighted by Crippen LogP contribution is -2.43. The van der Waals surface area contributed by atoms with Crippen LogP contribution in [0.4, 0.5) is 0 Å². The van der Waals surface area contributed by atoms with Gasteiger partial charge in [0.05, 0.1) is 0 Å². The monoisotopic (exact) mass is 376 g/mol. The predicted molar refractivity (Wildman–Crippen MR) is 106 cm³/mol. The second kappa shape index (κ2) is 9.23. The molecule has 0 radical (unpaired) electrons. The number of hydrogen-bond donors (Lipinski definition) is 2. The van der Waals surface area contributed by atoms with Crippen LogP contribution < -0.4 is 15.6 Å². The largest absolute Gasteiger partial charge is 0.483 e. The number of nitrogens with one attached hydrogen (secondary N) is 2. The molecular formula is C22H20N2O4. The van der Waals surface area contributed by atoms with Gasteiger partial charge in [-0.2, -0.15) is 0 Å². The number of para-hydroxylation sites is 1. The highest BCUT2D eigenvalue weighted by Crippen LogP contribution is 2.29. The first kappa shape index (κ1) is 19.0. The maximum Gasteiger partial charge on any atom is 0.276 e. The molecule has 0 aliphatic rings. The molecule has 0 unspecified atom stereocenters. The Kier molecular flexibility index (Phi) is 6.25. The molecule has 142 valence electrons. The zero-order valence-corrected chi connectivity index (χ0v) is 15.3. The molecule has 3 rings (SSSR count). The molecule has 2 amide bonds. The Morgan fingerprint density at radius 3 is 2.46 bits per heavy atom. The van der Waals surface area contributed by atoms with Crippen molar-refractivity contribution >= 4 is 17.9 Å². The first-order chi connectivity index (χ1) is 13.6. The maximum absolute atomic E-state index is 12.0. The van der Waals surface area contributed by atoms with Crippen molar-refractivity contribution in [1.29, 1.82) is 0 Å². The third kappa shape index (κ3) is 5.35. The van der Waals surface area contributed by atoms with Crippen molar-refractivity contribution in [3.63, 3.8) is 0 Å². The van der Waals surface area contributed by atoms with Crippen molar-refractivity contribution in [2.24, 2.45) is 0 Å². The second-order valence-electron chi connectivity index (χ2n) is 5.97. The fourth-order valence-electron chi connectivity index (χ4n) is 2.50. The molecule has 1 aromatic heterocycles. The Morgan fingerprint density at radius 2 is 1.71 bits per heavy atom. The molecule has 0 saturated heterocycles. The summed E-state index contributed by atoms with van der Waals surface area (Å²) in [6.07, 6.45) is 2.78. The predicted octanol–water partition coefficient (Wildman–Crippen LogP) is 3.49. The van der Waals surface area contributed by atoms with Crippen LogP contribution >= 0.6 is 0 Å². The lowest BCUT2D eigenvalue weighted by atomic mass is 10.1. The molecular weight excluding hydrogens is 356 g/mol. The Labute approximate surface area is 162 Å². The summed E-state index contributed by atoms with van der Waals surface area (Å²) in [6.45, 7) is 1.58. The molecule has 0 saturated carbocycles. The number of furan rings is 1. The van der Waals surface area contributed by atoms with E-state index in [1.54, 1.807) is 18.2 Å². The van der Waals surface area contributed by atoms with Crippen LogP contribution in [0.15, 0.2) is 77.2 Å². The van der Waals surface area contributed by atoms with E-state index in [9.17, 15) is 9.59 Å². The van der Waals surface area contributed by atoms with Gasteiger partial charge < -0.3 is 9.15 Å². The van der Waals surface area contributed by atoms with E-state index < -0.39 is 11.8 Å². The summed E-state index contributed by atoms with van der Waals surface area (Å²) in [6, 6.07) is 20.7. The lowest BCUT2D eigenvalue weighted by molar-refractivity contribution is -0.128. The number of benzene rings is 2. The smallest absolute Gasteiger partial charge is 0.276 e. The zero-order chi connectivity index (χ0) is 19.8. The number of rotatable bonds is 6. The van der Waals surface area contributed by atoms with E-state index in [2.05, 4.69) is 10.9 Å². The van der Waals surface area contributed by atoms with Crippen LogP contribution in [0, 0.1) is 6.92 Å². The van der Waals surface area contributed by atoms with Crippen molar-refractivity contribution < 1.29 is 18.7 Å². The molecule has 1 heterocycles. The van der Waals surface area contributed by atoms with Gasteiger partial charge in [-0.25, -0.2) is 0 Å². The summed E-state index contributed by atoms with van der Waals surface area (Å²) in [5, 5.41) is 0. The summed E-state index contributed by atoms with van der Waals surface area (Å²) in [7, 11) is 0. The molecule has 3 aromatic rings. The molecule has 6 nitrogen and oxygen atoms in total. The lowest BCUT2D eigenvalue weighted by Gasteiger charge is -2.11. The van der Waals surface area contributed by atoms with Crippen molar-refractivity contribution in [1.82, 2.24) is 10.9 Å². The van der Waals surface area contributed by atoms with Gasteiger partial charge in [0.2, 0.25) is 0 Å². The molecule has 0 bridgehead atoms. The van der Waals surface area contributed by atoms with E-state index in [0.717, 1.165) is 16.9 Å². The van der Waals surface area contributed by atoms with Gasteiger partial charge >= 0.3 is 0 Å². The first-order valence-electron chi connectivity index (χ1n) is 8.72. The third-order valence-corrected chi connectivity index (χ3v) is 3.82. The van der Waals surface area contributed by atoms with E-state index in [0.29, 0.717) is 11.5 Å². The van der Waals surface area contributed by atoms with Crippen molar-refractivity contribution in [2.45, 2.75) is 6.92 Å². The fourth-order valence-corrected chi connectivity index (χ4v) is 2.50. The van der Waals surface area contributed by atoms with Gasteiger partial charge in [0.1, 0.15) is 17.3 Å². The molecule has 0 aliphatic carbocycles. The Morgan fingerprint density at radius 1 is 0.964 bits per heavy atom. The van der Waals surface area contributed by atoms with E-state index >= 15 is 0 Å². The number of ether oxygens (including phenoxy) is 1. The van der Waals surface area contributed by atoms with Crippen molar-refractivity contribution in [2.75, 3.05) is 6.61 Å². The fraction of sp³-hybridized carbons (Fsp3) is 0.0909. The summed E-state index contributed by atoms with van der Waals surface area (Å²) in [5.41, 5.74) is 6.48. The Balaban J connectivity index is 1.50. The second-order valence-corrected chi connectivity index (χ2v) is 5.97. The topological polar surface area (TPSA) is 80.6 Å². The van der Waals surface area contributed by atoms with E-state index in [-0.39, 0.29) is 6.61 Å². The van der Waals surface area contributed by atoms with Crippen LogP contribution in [0.25, 0.3) is 17.2 Å². The highest BCUT2D eigenvalue weighted by atomic mass is 16.5. The SMILES string of the molecule is Cc1ccc(C=CC(=O)NNC(=O)COc2ccccc2-c2ccccc2)o1. The van der Waals surface area contributed by atoms with E-state index in [1.807, 2.05) is 55.5 Å². The minimum atomic E-state index is -0.480. The third-order valence-electron chi connectivity index (χ3n) is 3.82. The molecule has 0 atom stereocenters. The van der Waals surface area contributed by atoms with Crippen molar-refractivity contribution in [3.05, 3.63) is 84.3 Å². The van der Waals surface area contributed by atoms with Crippen LogP contribution in [0.5, 0.6) is 5.75 Å². The number of aryl methyl sites for hydroxylation is 1. The molecule has 0 spiro atoms. The van der Waals surface area contributed by atoms with Gasteiger partial charge in [-0.05, 0) is 36.8 Å². The number of carbonyl (C=O) groups excluding carboxylic acids is 2. The van der Waals surface area contributed by atoms with Crippen LogP contribution in [0.3, 0.4) is 0 Å². The van der Waals surface area contributed by atoms with Gasteiger partial charge in [-0.1, -0.05) is 48.5 Å². The molecule has 0 aliphatic heterocycles. The molecule has 2 N–H and O–H groups in total. The summed E-state index contributed by atoms with van der Waals surface area (Å²) < 4.78 is 10.9. The van der Waals surface area contributed by atoms with Crippen LogP contribution in [-0.2, 0) is 9.59 Å². The van der Waals surface area contributed by atoms with Gasteiger partial charge in [0.15, 0.2) is 6.61 Å². The maximum atomic E-state index is 12.0. The number of hydrazine groups is 1. The number of carbonyl (C=O) groups is 2. The quantitative estimate of drug-likeness (QED) is 0.510. The molecule has 2 aromatic carbocycles. The van der Waals surface area contributed by atoms with Crippen molar-refractivity contribution in [3.8, 4) is 16.9 Å². The number of hydrogen-bond acceptors (Lipinski definition) is 4. The average molecular weight is 376 g/mol. The van der Waals surface area contributed by atoms with Crippen LogP contribution in [0.1, 0.15) is 11.5 Å². The normalized spacial score (nSPS) is 10.6. The summed E-state index contributed by atoms with van der Waals surface area (Å²) in [4.78, 5) is 23.7. The minimum Gasteiger partial charge on any atom is -0.483 e. The number of amides is 2. The van der Waals surface area contributed by atoms with Crippen LogP contribution in [-0.4, -0.2) is 18.4 Å². The zero-order valence-electron chi connectivity index (χ0n) is 15.3. The molecule has 28 heavy (non-hydrogen) atoms. The minimum absolute atomic E-state index is 0.231. The Bertz CT molecular complexity index is 977. The standard InChI is InChI=1S/C22H20N2O4/c1-16-11-12-18(28-16)13-14-21(25)23-24-22(26)15-27-20-10-6-5-9-19(20)17-7-3-2-4-8-17/h2-14H,15H2,1H3,(H,23,25)(H,24,26). The van der Waals surface area contributed by atoms with E-state index in [1.165, 1.54) is 12.2 Å².